The fraction of sp³-hybridized carbons (Fsp3) is 0.364. The molecule has 2 aliphatic heterocycles. The molecule has 156 valence electrons. The molecule has 2 aromatic rings. The van der Waals surface area contributed by atoms with Crippen LogP contribution in [0.15, 0.2) is 64.8 Å². The van der Waals surface area contributed by atoms with E-state index in [2.05, 4.69) is 26.2 Å². The van der Waals surface area contributed by atoms with Gasteiger partial charge in [-0.25, -0.2) is 4.79 Å². The molecule has 2 aromatic carbocycles. The van der Waals surface area contributed by atoms with Crippen LogP contribution in [0.25, 0.3) is 0 Å². The molecule has 3 atom stereocenters. The number of anilines is 1. The fourth-order valence-electron chi connectivity index (χ4n) is 3.72. The second-order valence-corrected chi connectivity index (χ2v) is 8.77. The van der Waals surface area contributed by atoms with Crippen molar-refractivity contribution in [1.29, 1.82) is 0 Å². The van der Waals surface area contributed by atoms with Crippen LogP contribution in [-0.4, -0.2) is 35.0 Å². The van der Waals surface area contributed by atoms with Crippen molar-refractivity contribution < 1.29 is 9.59 Å². The smallest absolute Gasteiger partial charge is 0.315 e. The van der Waals surface area contributed by atoms with Gasteiger partial charge in [-0.2, -0.15) is 22.0 Å². The maximum absolute atomic E-state index is 12.2. The van der Waals surface area contributed by atoms with Crippen molar-refractivity contribution in [2.45, 2.75) is 43.0 Å². The highest BCUT2D eigenvalue weighted by atomic mass is 32.2. The van der Waals surface area contributed by atoms with Gasteiger partial charge in [-0.1, -0.05) is 24.6 Å². The van der Waals surface area contributed by atoms with Crippen molar-refractivity contribution in [2.24, 2.45) is 10.2 Å². The van der Waals surface area contributed by atoms with Crippen LogP contribution in [0.1, 0.15) is 25.7 Å². The number of nitrogens with zero attached hydrogens (tertiary/aromatic N) is 2. The van der Waals surface area contributed by atoms with E-state index in [1.807, 2.05) is 66.4 Å². The van der Waals surface area contributed by atoms with E-state index in [9.17, 15) is 9.59 Å². The van der Waals surface area contributed by atoms with Crippen LogP contribution < -0.4 is 16.0 Å². The quantitative estimate of drug-likeness (QED) is 0.324. The van der Waals surface area contributed by atoms with E-state index in [1.54, 1.807) is 0 Å². The molecule has 2 saturated heterocycles. The highest BCUT2D eigenvalue weighted by Crippen LogP contribution is 2.33. The molecule has 7 nitrogen and oxygen atoms in total. The Morgan fingerprint density at radius 1 is 1.00 bits per heavy atom. The van der Waals surface area contributed by atoms with Crippen LogP contribution >= 0.6 is 11.8 Å². The Morgan fingerprint density at radius 2 is 1.73 bits per heavy atom. The van der Waals surface area contributed by atoms with Crippen molar-refractivity contribution >= 4 is 40.8 Å². The molecule has 8 heteroatoms. The van der Waals surface area contributed by atoms with E-state index in [0.717, 1.165) is 42.1 Å². The Labute approximate surface area is 180 Å². The third kappa shape index (κ3) is 5.38. The predicted octanol–water partition coefficient (Wildman–Crippen LogP) is 4.77. The zero-order chi connectivity index (χ0) is 20.8. The molecule has 3 unspecified atom stereocenters. The Bertz CT molecular complexity index is 904. The van der Waals surface area contributed by atoms with Gasteiger partial charge in [-0.3, -0.25) is 4.79 Å². The number of urea groups is 1. The van der Waals surface area contributed by atoms with Crippen LogP contribution in [0.5, 0.6) is 0 Å². The standard InChI is InChI=1S/C22H25N5O2S/c28-20(9-5-4-8-19-21-18(14-30-19)24-22(29)25-21)23-15-10-12-17(13-11-15)27-26-16-6-2-1-3-7-16/h1-3,6-7,10-13,18-19,21H,4-5,8-9,14H2,(H,23,28)(H2,24,25,29). The monoisotopic (exact) mass is 423 g/mol. The summed E-state index contributed by atoms with van der Waals surface area (Å²) in [5.74, 6) is 0.983. The molecule has 3 amide bonds. The number of fused-ring (bicyclic) bond motifs is 1. The lowest BCUT2D eigenvalue weighted by Gasteiger charge is -2.16. The van der Waals surface area contributed by atoms with Crippen LogP contribution in [-0.2, 0) is 4.79 Å². The molecule has 0 saturated carbocycles. The summed E-state index contributed by atoms with van der Waals surface area (Å²) in [6, 6.07) is 17.3. The minimum absolute atomic E-state index is 0.0152. The van der Waals surface area contributed by atoms with Crippen LogP contribution in [0, 0.1) is 0 Å². The number of amides is 3. The van der Waals surface area contributed by atoms with Crippen LogP contribution in [0.4, 0.5) is 21.9 Å². The van der Waals surface area contributed by atoms with Crippen molar-refractivity contribution in [3.8, 4) is 0 Å². The van der Waals surface area contributed by atoms with E-state index in [1.165, 1.54) is 0 Å². The third-order valence-electron chi connectivity index (χ3n) is 5.27. The Kier molecular flexibility index (Phi) is 6.63. The summed E-state index contributed by atoms with van der Waals surface area (Å²) in [4.78, 5) is 23.6. The number of rotatable bonds is 8. The van der Waals surface area contributed by atoms with Gasteiger partial charge in [0.2, 0.25) is 5.91 Å². The van der Waals surface area contributed by atoms with E-state index < -0.39 is 0 Å². The predicted molar refractivity (Wildman–Crippen MR) is 120 cm³/mol. The minimum atomic E-state index is -0.0535. The second kappa shape index (κ2) is 9.75. The van der Waals surface area contributed by atoms with E-state index in [-0.39, 0.29) is 24.0 Å². The average molecular weight is 424 g/mol. The van der Waals surface area contributed by atoms with E-state index in [4.69, 9.17) is 0 Å². The van der Waals surface area contributed by atoms with Gasteiger partial charge >= 0.3 is 6.03 Å². The summed E-state index contributed by atoms with van der Waals surface area (Å²) in [6.45, 7) is 0. The van der Waals surface area contributed by atoms with Crippen molar-refractivity contribution in [3.05, 3.63) is 54.6 Å². The first-order chi connectivity index (χ1) is 14.7. The summed E-state index contributed by atoms with van der Waals surface area (Å²) < 4.78 is 0. The number of hydrogen-bond donors (Lipinski definition) is 3. The average Bonchev–Trinajstić information content (AvgIpc) is 3.31. The van der Waals surface area contributed by atoms with Gasteiger partial charge in [0.25, 0.3) is 0 Å². The summed E-state index contributed by atoms with van der Waals surface area (Å²) in [6.07, 6.45) is 3.32. The SMILES string of the molecule is O=C(CCCCC1SCC2NC(=O)NC21)Nc1ccc(N=Nc2ccccc2)cc1. The maximum Gasteiger partial charge on any atom is 0.315 e. The summed E-state index contributed by atoms with van der Waals surface area (Å²) >= 11 is 1.91. The molecular formula is C22H25N5O2S. The number of nitrogens with one attached hydrogen (secondary N) is 3. The lowest BCUT2D eigenvalue weighted by Crippen LogP contribution is -2.36. The highest BCUT2D eigenvalue weighted by molar-refractivity contribution is 8.00. The zero-order valence-electron chi connectivity index (χ0n) is 16.6. The lowest BCUT2D eigenvalue weighted by atomic mass is 10.0. The second-order valence-electron chi connectivity index (χ2n) is 7.50. The first kappa shape index (κ1) is 20.4. The lowest BCUT2D eigenvalue weighted by molar-refractivity contribution is -0.116. The number of carbonyl (C=O) groups is 2. The van der Waals surface area contributed by atoms with Crippen LogP contribution in [0.3, 0.4) is 0 Å². The number of benzene rings is 2. The highest BCUT2D eigenvalue weighted by Gasteiger charge is 2.42. The van der Waals surface area contributed by atoms with Gasteiger partial charge < -0.3 is 16.0 Å². The molecule has 0 aliphatic carbocycles. The van der Waals surface area contributed by atoms with E-state index >= 15 is 0 Å². The topological polar surface area (TPSA) is 95.0 Å². The third-order valence-corrected chi connectivity index (χ3v) is 6.78. The van der Waals surface area contributed by atoms with Crippen molar-refractivity contribution in [3.63, 3.8) is 0 Å². The largest absolute Gasteiger partial charge is 0.332 e. The van der Waals surface area contributed by atoms with Gasteiger partial charge in [0.1, 0.15) is 0 Å². The van der Waals surface area contributed by atoms with Gasteiger partial charge in [-0.15, -0.1) is 0 Å². The number of hydrogen-bond acceptors (Lipinski definition) is 5. The Morgan fingerprint density at radius 3 is 2.50 bits per heavy atom. The number of unbranched alkanes of at least 4 members (excludes halogenated alkanes) is 1. The van der Waals surface area contributed by atoms with Gasteiger partial charge in [-0.05, 0) is 49.2 Å². The fourth-order valence-corrected chi connectivity index (χ4v) is 5.26. The van der Waals surface area contributed by atoms with Gasteiger partial charge in [0.05, 0.1) is 23.5 Å². The molecule has 0 spiro atoms. The maximum atomic E-state index is 12.2. The number of carbonyl (C=O) groups excluding carboxylic acids is 2. The van der Waals surface area contributed by atoms with Gasteiger partial charge in [0, 0.05) is 23.1 Å². The van der Waals surface area contributed by atoms with Crippen LogP contribution in [0.2, 0.25) is 0 Å². The molecule has 2 heterocycles. The summed E-state index contributed by atoms with van der Waals surface area (Å²) in [5, 5.41) is 17.7. The van der Waals surface area contributed by atoms with Crippen molar-refractivity contribution in [2.75, 3.05) is 11.1 Å². The Balaban J connectivity index is 1.16. The zero-order valence-corrected chi connectivity index (χ0v) is 17.4. The van der Waals surface area contributed by atoms with Crippen molar-refractivity contribution in [1.82, 2.24) is 10.6 Å². The summed E-state index contributed by atoms with van der Waals surface area (Å²) in [5.41, 5.74) is 2.29. The molecule has 30 heavy (non-hydrogen) atoms. The molecular weight excluding hydrogens is 398 g/mol. The molecule has 0 aromatic heterocycles. The molecule has 2 aliphatic rings. The molecule has 2 fully saturated rings. The number of thioether (sulfide) groups is 1. The minimum Gasteiger partial charge on any atom is -0.332 e. The molecule has 0 bridgehead atoms. The molecule has 0 radical (unpaired) electrons. The number of azo groups is 1. The molecule has 4 rings (SSSR count). The van der Waals surface area contributed by atoms with Gasteiger partial charge in [0.15, 0.2) is 0 Å². The first-order valence-corrected chi connectivity index (χ1v) is 11.3. The normalized spacial score (nSPS) is 22.5. The molecule has 3 N–H and O–H groups in total. The van der Waals surface area contributed by atoms with E-state index in [0.29, 0.717) is 11.7 Å². The Hall–Kier alpha value is -2.87. The summed E-state index contributed by atoms with van der Waals surface area (Å²) in [7, 11) is 0. The first-order valence-electron chi connectivity index (χ1n) is 10.2.